The third-order valence-electron chi connectivity index (χ3n) is 4.01. The molecule has 0 aliphatic heterocycles. The van der Waals surface area contributed by atoms with Crippen LogP contribution < -0.4 is 0 Å². The SMILES string of the molecule is CCn1c(CCc2ccccc2)nnc1SCc1cccc(C#N)c1. The van der Waals surface area contributed by atoms with Gasteiger partial charge >= 0.3 is 0 Å². The minimum absolute atomic E-state index is 0.693. The van der Waals surface area contributed by atoms with E-state index in [-0.39, 0.29) is 0 Å². The highest BCUT2D eigenvalue weighted by Crippen LogP contribution is 2.23. The normalized spacial score (nSPS) is 10.6. The average molecular weight is 348 g/mol. The zero-order valence-corrected chi connectivity index (χ0v) is 15.0. The Kier molecular flexibility index (Phi) is 5.86. The third-order valence-corrected chi connectivity index (χ3v) is 5.05. The lowest BCUT2D eigenvalue weighted by Gasteiger charge is -2.07. The Morgan fingerprint density at radius 3 is 2.56 bits per heavy atom. The number of benzene rings is 2. The Morgan fingerprint density at radius 1 is 1.00 bits per heavy atom. The first-order valence-corrected chi connectivity index (χ1v) is 9.36. The van der Waals surface area contributed by atoms with Crippen molar-refractivity contribution in [2.45, 2.75) is 37.2 Å². The van der Waals surface area contributed by atoms with Crippen LogP contribution in [0.4, 0.5) is 0 Å². The zero-order valence-electron chi connectivity index (χ0n) is 14.2. The molecule has 25 heavy (non-hydrogen) atoms. The van der Waals surface area contributed by atoms with Crippen LogP contribution in [0.2, 0.25) is 0 Å². The van der Waals surface area contributed by atoms with E-state index in [1.54, 1.807) is 11.8 Å². The lowest BCUT2D eigenvalue weighted by Crippen LogP contribution is -2.05. The van der Waals surface area contributed by atoms with Crippen molar-refractivity contribution in [3.05, 3.63) is 77.1 Å². The van der Waals surface area contributed by atoms with Crippen molar-refractivity contribution in [3.8, 4) is 6.07 Å². The molecule has 3 rings (SSSR count). The molecule has 5 heteroatoms. The topological polar surface area (TPSA) is 54.5 Å². The van der Waals surface area contributed by atoms with Gasteiger partial charge in [0.25, 0.3) is 0 Å². The van der Waals surface area contributed by atoms with Crippen molar-refractivity contribution in [1.29, 1.82) is 5.26 Å². The lowest BCUT2D eigenvalue weighted by molar-refractivity contribution is 0.638. The first kappa shape index (κ1) is 17.2. The van der Waals surface area contributed by atoms with Gasteiger partial charge in [0.05, 0.1) is 11.6 Å². The standard InChI is InChI=1S/C20H20N4S/c1-2-24-19(12-11-16-7-4-3-5-8-16)22-23-20(24)25-15-18-10-6-9-17(13-18)14-21/h3-10,13H,2,11-12,15H2,1H3. The number of nitrogens with zero attached hydrogens (tertiary/aromatic N) is 4. The van der Waals surface area contributed by atoms with Gasteiger partial charge in [-0.1, -0.05) is 54.2 Å². The highest BCUT2D eigenvalue weighted by Gasteiger charge is 2.11. The number of aromatic nitrogens is 3. The Labute approximate surface area is 152 Å². The maximum atomic E-state index is 9.00. The van der Waals surface area contributed by atoms with Gasteiger partial charge in [0, 0.05) is 18.7 Å². The van der Waals surface area contributed by atoms with E-state index in [0.717, 1.165) is 41.7 Å². The molecule has 126 valence electrons. The Balaban J connectivity index is 1.66. The molecule has 0 aliphatic carbocycles. The van der Waals surface area contributed by atoms with Gasteiger partial charge in [-0.15, -0.1) is 10.2 Å². The van der Waals surface area contributed by atoms with Crippen LogP contribution in [0.3, 0.4) is 0 Å². The average Bonchev–Trinajstić information content (AvgIpc) is 3.07. The molecule has 0 aliphatic rings. The van der Waals surface area contributed by atoms with Gasteiger partial charge in [0.2, 0.25) is 0 Å². The summed E-state index contributed by atoms with van der Waals surface area (Å²) < 4.78 is 2.18. The van der Waals surface area contributed by atoms with Crippen molar-refractivity contribution in [1.82, 2.24) is 14.8 Å². The van der Waals surface area contributed by atoms with Crippen molar-refractivity contribution < 1.29 is 0 Å². The molecular weight excluding hydrogens is 328 g/mol. The smallest absolute Gasteiger partial charge is 0.191 e. The van der Waals surface area contributed by atoms with Gasteiger partial charge in [-0.2, -0.15) is 5.26 Å². The number of aryl methyl sites for hydroxylation is 2. The largest absolute Gasteiger partial charge is 0.306 e. The summed E-state index contributed by atoms with van der Waals surface area (Å²) in [5.41, 5.74) is 3.13. The molecule has 2 aromatic carbocycles. The molecule has 1 heterocycles. The molecule has 0 spiro atoms. The molecule has 0 saturated heterocycles. The summed E-state index contributed by atoms with van der Waals surface area (Å²) in [4.78, 5) is 0. The van der Waals surface area contributed by atoms with Gasteiger partial charge in [0.1, 0.15) is 5.82 Å². The molecule has 0 radical (unpaired) electrons. The van der Waals surface area contributed by atoms with E-state index in [4.69, 9.17) is 5.26 Å². The number of hydrogen-bond acceptors (Lipinski definition) is 4. The summed E-state index contributed by atoms with van der Waals surface area (Å²) in [6.07, 6.45) is 1.85. The summed E-state index contributed by atoms with van der Waals surface area (Å²) in [6, 6.07) is 20.3. The van der Waals surface area contributed by atoms with Crippen molar-refractivity contribution >= 4 is 11.8 Å². The molecule has 0 atom stereocenters. The number of thioether (sulfide) groups is 1. The molecule has 0 saturated carbocycles. The Hall–Kier alpha value is -2.58. The van der Waals surface area contributed by atoms with Crippen LogP contribution in [-0.4, -0.2) is 14.8 Å². The molecule has 1 aromatic heterocycles. The number of nitriles is 1. The summed E-state index contributed by atoms with van der Waals surface area (Å²) in [6.45, 7) is 2.98. The Bertz CT molecular complexity index is 865. The molecule has 0 amide bonds. The van der Waals surface area contributed by atoms with Crippen LogP contribution in [0.25, 0.3) is 0 Å². The minimum Gasteiger partial charge on any atom is -0.306 e. The van der Waals surface area contributed by atoms with Gasteiger partial charge in [-0.3, -0.25) is 0 Å². The number of hydrogen-bond donors (Lipinski definition) is 0. The van der Waals surface area contributed by atoms with Crippen LogP contribution in [-0.2, 0) is 25.1 Å². The third kappa shape index (κ3) is 4.49. The highest BCUT2D eigenvalue weighted by atomic mass is 32.2. The predicted octanol–water partition coefficient (Wildman–Crippen LogP) is 4.25. The molecule has 0 unspecified atom stereocenters. The monoisotopic (exact) mass is 348 g/mol. The maximum Gasteiger partial charge on any atom is 0.191 e. The summed E-state index contributed by atoms with van der Waals surface area (Å²) in [5, 5.41) is 18.7. The summed E-state index contributed by atoms with van der Waals surface area (Å²) >= 11 is 1.67. The fourth-order valence-corrected chi connectivity index (χ4v) is 3.67. The van der Waals surface area contributed by atoms with Crippen LogP contribution in [0.5, 0.6) is 0 Å². The van der Waals surface area contributed by atoms with Gasteiger partial charge in [-0.25, -0.2) is 0 Å². The van der Waals surface area contributed by atoms with Gasteiger partial charge < -0.3 is 4.57 Å². The second kappa shape index (κ2) is 8.50. The summed E-state index contributed by atoms with van der Waals surface area (Å²) in [5.74, 6) is 1.81. The van der Waals surface area contributed by atoms with E-state index in [1.807, 2.05) is 30.3 Å². The van der Waals surface area contributed by atoms with E-state index in [1.165, 1.54) is 5.56 Å². The molecule has 0 fully saturated rings. The van der Waals surface area contributed by atoms with E-state index in [2.05, 4.69) is 52.0 Å². The first-order chi connectivity index (χ1) is 12.3. The Morgan fingerprint density at radius 2 is 1.80 bits per heavy atom. The van der Waals surface area contributed by atoms with Crippen LogP contribution in [0.15, 0.2) is 59.8 Å². The summed E-state index contributed by atoms with van der Waals surface area (Å²) in [7, 11) is 0. The van der Waals surface area contributed by atoms with E-state index in [9.17, 15) is 0 Å². The second-order valence-electron chi connectivity index (χ2n) is 5.73. The molecule has 3 aromatic rings. The lowest BCUT2D eigenvalue weighted by atomic mass is 10.1. The van der Waals surface area contributed by atoms with Crippen molar-refractivity contribution in [3.63, 3.8) is 0 Å². The quantitative estimate of drug-likeness (QED) is 0.599. The van der Waals surface area contributed by atoms with Gasteiger partial charge in [0.15, 0.2) is 5.16 Å². The molecule has 0 N–H and O–H groups in total. The van der Waals surface area contributed by atoms with Crippen LogP contribution in [0, 0.1) is 11.3 Å². The highest BCUT2D eigenvalue weighted by molar-refractivity contribution is 7.98. The molecule has 0 bridgehead atoms. The van der Waals surface area contributed by atoms with Gasteiger partial charge in [-0.05, 0) is 36.6 Å². The van der Waals surface area contributed by atoms with Crippen LogP contribution in [0.1, 0.15) is 29.4 Å². The second-order valence-corrected chi connectivity index (χ2v) is 6.67. The fraction of sp³-hybridized carbons (Fsp3) is 0.250. The predicted molar refractivity (Wildman–Crippen MR) is 100 cm³/mol. The van der Waals surface area contributed by atoms with E-state index < -0.39 is 0 Å². The molecular formula is C20H20N4S. The minimum atomic E-state index is 0.693. The van der Waals surface area contributed by atoms with E-state index in [0.29, 0.717) is 5.56 Å². The van der Waals surface area contributed by atoms with Crippen molar-refractivity contribution in [2.24, 2.45) is 0 Å². The van der Waals surface area contributed by atoms with Crippen molar-refractivity contribution in [2.75, 3.05) is 0 Å². The first-order valence-electron chi connectivity index (χ1n) is 8.38. The van der Waals surface area contributed by atoms with Crippen LogP contribution >= 0.6 is 11.8 Å². The zero-order chi connectivity index (χ0) is 17.5. The number of rotatable bonds is 7. The van der Waals surface area contributed by atoms with E-state index >= 15 is 0 Å². The maximum absolute atomic E-state index is 9.00. The fourth-order valence-electron chi connectivity index (χ4n) is 2.71. The molecule has 4 nitrogen and oxygen atoms in total.